The number of hydrogen-bond acceptors (Lipinski definition) is 5. The van der Waals surface area contributed by atoms with Crippen LogP contribution in [0.5, 0.6) is 0 Å². The molecule has 0 bridgehead atoms. The molecule has 1 atom stereocenters. The minimum absolute atomic E-state index is 0.135. The average Bonchev–Trinajstić information content (AvgIpc) is 2.47. The van der Waals surface area contributed by atoms with Crippen LogP contribution in [0, 0.1) is 13.8 Å². The summed E-state index contributed by atoms with van der Waals surface area (Å²) in [5.74, 6) is 0. The first-order valence-corrected chi connectivity index (χ1v) is 8.73. The first kappa shape index (κ1) is 16.6. The molecule has 118 valence electrons. The van der Waals surface area contributed by atoms with Gasteiger partial charge in [-0.25, -0.2) is 4.21 Å². The topological polar surface area (TPSA) is 83.9 Å². The van der Waals surface area contributed by atoms with Crippen molar-refractivity contribution in [1.82, 2.24) is 0 Å². The van der Waals surface area contributed by atoms with Gasteiger partial charge in [0.25, 0.3) is 0 Å². The zero-order valence-corrected chi connectivity index (χ0v) is 13.6. The molecule has 0 saturated heterocycles. The van der Waals surface area contributed by atoms with Crippen molar-refractivity contribution in [2.45, 2.75) is 18.7 Å². The van der Waals surface area contributed by atoms with E-state index in [1.54, 1.807) is 24.3 Å². The molecule has 0 spiro atoms. The minimum atomic E-state index is -4.24. The Hall–Kier alpha value is -1.74. The van der Waals surface area contributed by atoms with Crippen LogP contribution >= 0.6 is 0 Å². The second-order valence-electron chi connectivity index (χ2n) is 4.66. The van der Waals surface area contributed by atoms with Gasteiger partial charge in [-0.3, -0.25) is 5.21 Å². The zero-order chi connectivity index (χ0) is 16.3. The van der Waals surface area contributed by atoms with E-state index < -0.39 is 21.4 Å². The van der Waals surface area contributed by atoms with Gasteiger partial charge in [0.2, 0.25) is 0 Å². The summed E-state index contributed by atoms with van der Waals surface area (Å²) in [7, 11) is -4.24. The Labute approximate surface area is 131 Å². The summed E-state index contributed by atoms with van der Waals surface area (Å²) >= 11 is -2.60. The molecule has 1 unspecified atom stereocenters. The van der Waals surface area contributed by atoms with Crippen LogP contribution in [0.2, 0.25) is 0 Å². The maximum absolute atomic E-state index is 12.0. The van der Waals surface area contributed by atoms with Gasteiger partial charge in [-0.05, 0) is 38.1 Å². The molecule has 6 nitrogen and oxygen atoms in total. The Morgan fingerprint density at radius 3 is 1.91 bits per heavy atom. The molecule has 1 N–H and O–H groups in total. The van der Waals surface area contributed by atoms with Gasteiger partial charge in [-0.2, -0.15) is 8.42 Å². The fraction of sp³-hybridized carbons (Fsp3) is 0.143. The molecule has 0 aliphatic carbocycles. The summed E-state index contributed by atoms with van der Waals surface area (Å²) in [5, 5.41) is 9.78. The second kappa shape index (κ2) is 6.57. The second-order valence-corrected chi connectivity index (χ2v) is 7.36. The molecule has 2 aromatic carbocycles. The quantitative estimate of drug-likeness (QED) is 0.845. The summed E-state index contributed by atoms with van der Waals surface area (Å²) in [4.78, 5) is -0.135. The number of anilines is 1. The molecule has 2 rings (SSSR count). The Balaban J connectivity index is 2.16. The van der Waals surface area contributed by atoms with Crippen LogP contribution < -0.4 is 4.47 Å². The van der Waals surface area contributed by atoms with Crippen LogP contribution in [0.25, 0.3) is 0 Å². The number of aryl methyl sites for hydroxylation is 2. The fourth-order valence-corrected chi connectivity index (χ4v) is 3.53. The molecular formula is C14H15NO5S2. The van der Waals surface area contributed by atoms with Crippen molar-refractivity contribution in [3.8, 4) is 0 Å². The molecule has 0 radical (unpaired) electrons. The Morgan fingerprint density at radius 2 is 1.41 bits per heavy atom. The van der Waals surface area contributed by atoms with Crippen molar-refractivity contribution < 1.29 is 21.5 Å². The van der Waals surface area contributed by atoms with Crippen molar-refractivity contribution in [3.63, 3.8) is 0 Å². The summed E-state index contributed by atoms with van der Waals surface area (Å²) in [6.45, 7) is 3.66. The van der Waals surface area contributed by atoms with E-state index in [1.807, 2.05) is 13.8 Å². The standard InChI is InChI=1S/C14H15NO5S2/c1-11-3-7-13(8-4-11)15(16)21(17)20-22(18,19)14-9-5-12(2)6-10-14/h3-10,16H,1-2H3. The highest BCUT2D eigenvalue weighted by atomic mass is 32.3. The van der Waals surface area contributed by atoms with Crippen molar-refractivity contribution in [2.24, 2.45) is 0 Å². The molecule has 0 aliphatic rings. The van der Waals surface area contributed by atoms with E-state index >= 15 is 0 Å². The molecule has 0 fully saturated rings. The molecule has 0 aromatic heterocycles. The number of hydrogen-bond donors (Lipinski definition) is 1. The van der Waals surface area contributed by atoms with Gasteiger partial charge in [-0.15, -0.1) is 8.10 Å². The van der Waals surface area contributed by atoms with E-state index in [9.17, 15) is 17.8 Å². The van der Waals surface area contributed by atoms with Crippen molar-refractivity contribution in [1.29, 1.82) is 0 Å². The largest absolute Gasteiger partial charge is 0.311 e. The maximum Gasteiger partial charge on any atom is 0.311 e. The number of benzene rings is 2. The van der Waals surface area contributed by atoms with Gasteiger partial charge in [0, 0.05) is 0 Å². The zero-order valence-electron chi connectivity index (χ0n) is 12.0. The van der Waals surface area contributed by atoms with Crippen molar-refractivity contribution >= 4 is 27.1 Å². The molecule has 0 aliphatic heterocycles. The van der Waals surface area contributed by atoms with Gasteiger partial charge in [0.15, 0.2) is 0 Å². The van der Waals surface area contributed by atoms with Crippen LogP contribution in [0.4, 0.5) is 5.69 Å². The van der Waals surface area contributed by atoms with E-state index in [4.69, 9.17) is 0 Å². The van der Waals surface area contributed by atoms with Crippen LogP contribution in [-0.2, 0) is 25.0 Å². The van der Waals surface area contributed by atoms with E-state index in [1.165, 1.54) is 24.3 Å². The smallest absolute Gasteiger partial charge is 0.274 e. The molecule has 0 heterocycles. The summed E-state index contributed by atoms with van der Waals surface area (Å²) in [6, 6.07) is 12.2. The maximum atomic E-state index is 12.0. The molecule has 8 heteroatoms. The summed E-state index contributed by atoms with van der Waals surface area (Å²) in [5.41, 5.74) is 1.97. The summed E-state index contributed by atoms with van der Waals surface area (Å²) < 4.78 is 40.6. The lowest BCUT2D eigenvalue weighted by atomic mass is 10.2. The Bertz CT molecular complexity index is 770. The van der Waals surface area contributed by atoms with Gasteiger partial charge >= 0.3 is 21.4 Å². The van der Waals surface area contributed by atoms with Crippen molar-refractivity contribution in [3.05, 3.63) is 59.7 Å². The first-order chi connectivity index (χ1) is 10.3. The van der Waals surface area contributed by atoms with E-state index in [0.717, 1.165) is 11.1 Å². The predicted octanol–water partition coefficient (Wildman–Crippen LogP) is 2.48. The third kappa shape index (κ3) is 3.92. The monoisotopic (exact) mass is 341 g/mol. The Morgan fingerprint density at radius 1 is 0.955 bits per heavy atom. The number of nitrogens with zero attached hydrogens (tertiary/aromatic N) is 1. The van der Waals surface area contributed by atoms with Crippen LogP contribution in [0.1, 0.15) is 11.1 Å². The average molecular weight is 341 g/mol. The van der Waals surface area contributed by atoms with E-state index in [0.29, 0.717) is 0 Å². The molecular weight excluding hydrogens is 326 g/mol. The highest BCUT2D eigenvalue weighted by molar-refractivity contribution is 7.97. The van der Waals surface area contributed by atoms with Gasteiger partial charge in [0.1, 0.15) is 0 Å². The molecule has 0 saturated carbocycles. The minimum Gasteiger partial charge on any atom is -0.274 e. The molecule has 2 aromatic rings. The predicted molar refractivity (Wildman–Crippen MR) is 83.0 cm³/mol. The van der Waals surface area contributed by atoms with Gasteiger partial charge in [-0.1, -0.05) is 35.4 Å². The SMILES string of the molecule is Cc1ccc(N(O)S(=O)OS(=O)(=O)c2ccc(C)cc2)cc1. The lowest BCUT2D eigenvalue weighted by Crippen LogP contribution is -2.25. The van der Waals surface area contributed by atoms with E-state index in [2.05, 4.69) is 3.63 Å². The Kier molecular flexibility index (Phi) is 4.97. The first-order valence-electron chi connectivity index (χ1n) is 6.29. The highest BCUT2D eigenvalue weighted by Gasteiger charge is 2.23. The third-order valence-corrected chi connectivity index (χ3v) is 5.38. The molecule has 0 amide bonds. The van der Waals surface area contributed by atoms with Crippen molar-refractivity contribution in [2.75, 3.05) is 4.47 Å². The van der Waals surface area contributed by atoms with Gasteiger partial charge in [0.05, 0.1) is 10.6 Å². The van der Waals surface area contributed by atoms with Crippen LogP contribution in [0.15, 0.2) is 53.4 Å². The highest BCUT2D eigenvalue weighted by Crippen LogP contribution is 2.19. The molecule has 22 heavy (non-hydrogen) atoms. The lowest BCUT2D eigenvalue weighted by Gasteiger charge is -2.14. The normalized spacial score (nSPS) is 12.9. The van der Waals surface area contributed by atoms with Crippen LogP contribution in [0.3, 0.4) is 0 Å². The fourth-order valence-electron chi connectivity index (χ4n) is 1.61. The summed E-state index contributed by atoms with van der Waals surface area (Å²) in [6.07, 6.45) is 0. The third-order valence-electron chi connectivity index (χ3n) is 2.85. The lowest BCUT2D eigenvalue weighted by molar-refractivity contribution is 0.313. The van der Waals surface area contributed by atoms with Crippen LogP contribution in [-0.4, -0.2) is 17.8 Å². The van der Waals surface area contributed by atoms with E-state index in [-0.39, 0.29) is 15.1 Å². The number of rotatable bonds is 5. The van der Waals surface area contributed by atoms with Gasteiger partial charge < -0.3 is 0 Å².